The molecule has 0 saturated heterocycles. The van der Waals surface area contributed by atoms with E-state index in [0.29, 0.717) is 19.4 Å². The maximum atomic E-state index is 12.4. The number of rotatable bonds is 60. The summed E-state index contributed by atoms with van der Waals surface area (Å²) >= 11 is 0. The quantitative estimate of drug-likeness (QED) is 0.0320. The van der Waals surface area contributed by atoms with E-state index < -0.39 is 12.1 Å². The number of aliphatic hydroxyl groups excluding tert-OH is 2. The molecule has 72 heavy (non-hydrogen) atoms. The van der Waals surface area contributed by atoms with Gasteiger partial charge in [0.2, 0.25) is 5.91 Å². The minimum absolute atomic E-state index is 0.0125. The third kappa shape index (κ3) is 57.4. The number of ether oxygens (including phenoxy) is 1. The van der Waals surface area contributed by atoms with Gasteiger partial charge in [0.05, 0.1) is 25.4 Å². The Bertz CT molecular complexity index is 1170. The Morgan fingerprint density at radius 1 is 0.375 bits per heavy atom. The van der Waals surface area contributed by atoms with E-state index >= 15 is 0 Å². The van der Waals surface area contributed by atoms with Crippen LogP contribution in [0, 0.1) is 0 Å². The molecule has 0 rings (SSSR count). The summed E-state index contributed by atoms with van der Waals surface area (Å²) in [4.78, 5) is 24.5. The Labute approximate surface area is 449 Å². The topological polar surface area (TPSA) is 95.9 Å². The zero-order chi connectivity index (χ0) is 52.2. The van der Waals surface area contributed by atoms with Gasteiger partial charge in [0.1, 0.15) is 0 Å². The standard InChI is InChI=1S/C66H125NO5/c1-3-5-7-9-11-13-14-15-16-17-31-34-37-40-44-48-52-56-60-66(71)72-61-57-53-49-45-41-38-35-32-29-27-25-23-21-19-18-20-22-24-26-28-30-33-36-39-43-47-51-55-59-65(70)67-63(62-68)64(69)58-54-50-46-42-12-10-8-6-4-2/h16-19,54,58,63-64,68-69H,3-15,20-53,55-57,59-62H2,1-2H3,(H,67,70)/b17-16-,19-18-,58-54+. The zero-order valence-corrected chi connectivity index (χ0v) is 48.4. The van der Waals surface area contributed by atoms with Crippen molar-refractivity contribution in [1.29, 1.82) is 0 Å². The first-order valence-corrected chi connectivity index (χ1v) is 32.3. The van der Waals surface area contributed by atoms with E-state index in [9.17, 15) is 19.8 Å². The number of nitrogens with one attached hydrogen (secondary N) is 1. The van der Waals surface area contributed by atoms with Crippen LogP contribution in [0.3, 0.4) is 0 Å². The number of esters is 1. The van der Waals surface area contributed by atoms with Gasteiger partial charge in [-0.05, 0) is 83.5 Å². The van der Waals surface area contributed by atoms with Crippen LogP contribution in [-0.2, 0) is 14.3 Å². The minimum atomic E-state index is -0.842. The van der Waals surface area contributed by atoms with Crippen molar-refractivity contribution in [3.63, 3.8) is 0 Å². The lowest BCUT2D eigenvalue weighted by Gasteiger charge is -2.20. The Kier molecular flexibility index (Phi) is 60.0. The molecule has 0 aliphatic carbocycles. The normalized spacial score (nSPS) is 12.8. The van der Waals surface area contributed by atoms with Gasteiger partial charge in [-0.25, -0.2) is 0 Å². The van der Waals surface area contributed by atoms with E-state index in [-0.39, 0.29) is 18.5 Å². The molecule has 1 amide bonds. The number of aliphatic hydroxyl groups is 2. The number of hydrogen-bond donors (Lipinski definition) is 3. The van der Waals surface area contributed by atoms with Crippen LogP contribution in [-0.4, -0.2) is 47.4 Å². The first-order valence-electron chi connectivity index (χ1n) is 32.3. The summed E-state index contributed by atoms with van der Waals surface area (Å²) in [5.41, 5.74) is 0. The van der Waals surface area contributed by atoms with Crippen LogP contribution in [0.4, 0.5) is 0 Å². The summed E-state index contributed by atoms with van der Waals surface area (Å²) < 4.78 is 5.50. The lowest BCUT2D eigenvalue weighted by atomic mass is 10.0. The summed E-state index contributed by atoms with van der Waals surface area (Å²) in [6, 6.07) is -0.626. The van der Waals surface area contributed by atoms with Gasteiger partial charge in [-0.1, -0.05) is 288 Å². The first kappa shape index (κ1) is 70.1. The predicted octanol–water partition coefficient (Wildman–Crippen LogP) is 20.4. The number of hydrogen-bond acceptors (Lipinski definition) is 5. The highest BCUT2D eigenvalue weighted by Crippen LogP contribution is 2.17. The predicted molar refractivity (Wildman–Crippen MR) is 315 cm³/mol. The number of carbonyl (C=O) groups is 2. The van der Waals surface area contributed by atoms with Gasteiger partial charge in [-0.3, -0.25) is 9.59 Å². The molecular weight excluding hydrogens is 887 g/mol. The largest absolute Gasteiger partial charge is 0.466 e. The Hall–Kier alpha value is -1.92. The molecule has 0 aromatic carbocycles. The molecule has 424 valence electrons. The van der Waals surface area contributed by atoms with Gasteiger partial charge in [-0.2, -0.15) is 0 Å². The zero-order valence-electron chi connectivity index (χ0n) is 48.4. The van der Waals surface area contributed by atoms with Gasteiger partial charge < -0.3 is 20.3 Å². The maximum Gasteiger partial charge on any atom is 0.305 e. The molecule has 0 aliphatic rings. The summed E-state index contributed by atoms with van der Waals surface area (Å²) in [5, 5.41) is 23.0. The van der Waals surface area contributed by atoms with Crippen molar-refractivity contribution < 1.29 is 24.5 Å². The van der Waals surface area contributed by atoms with Gasteiger partial charge >= 0.3 is 5.97 Å². The monoisotopic (exact) mass is 1010 g/mol. The summed E-state index contributed by atoms with van der Waals surface area (Å²) in [5.74, 6) is -0.0576. The molecule has 0 saturated carbocycles. The van der Waals surface area contributed by atoms with E-state index in [2.05, 4.69) is 43.5 Å². The van der Waals surface area contributed by atoms with E-state index in [1.165, 1.54) is 276 Å². The van der Waals surface area contributed by atoms with E-state index in [1.54, 1.807) is 6.08 Å². The van der Waals surface area contributed by atoms with Crippen molar-refractivity contribution >= 4 is 11.9 Å². The molecule has 0 radical (unpaired) electrons. The second-order valence-corrected chi connectivity index (χ2v) is 22.1. The molecule has 0 spiro atoms. The van der Waals surface area contributed by atoms with E-state index in [1.807, 2.05) is 6.08 Å². The van der Waals surface area contributed by atoms with Gasteiger partial charge in [0.25, 0.3) is 0 Å². The molecule has 0 aliphatic heterocycles. The van der Waals surface area contributed by atoms with Crippen LogP contribution in [0.5, 0.6) is 0 Å². The SMILES string of the molecule is CCCCCCCCC/C=C\CCCCCCCCCC(=O)OCCCCCCCCCCCCCC/C=C\CCCCCCCCCCCCCCC(=O)NC(CO)C(O)/C=C/CCCCCCCCC. The van der Waals surface area contributed by atoms with Crippen molar-refractivity contribution in [1.82, 2.24) is 5.32 Å². The number of amides is 1. The smallest absolute Gasteiger partial charge is 0.305 e. The van der Waals surface area contributed by atoms with Crippen molar-refractivity contribution in [2.45, 2.75) is 360 Å². The lowest BCUT2D eigenvalue weighted by molar-refractivity contribution is -0.143. The third-order valence-electron chi connectivity index (χ3n) is 14.9. The maximum absolute atomic E-state index is 12.4. The molecule has 0 aromatic rings. The van der Waals surface area contributed by atoms with Crippen molar-refractivity contribution in [3.8, 4) is 0 Å². The average molecular weight is 1010 g/mol. The fraction of sp³-hybridized carbons (Fsp3) is 0.879. The van der Waals surface area contributed by atoms with Gasteiger partial charge in [0, 0.05) is 12.8 Å². The van der Waals surface area contributed by atoms with Gasteiger partial charge in [-0.15, -0.1) is 0 Å². The highest BCUT2D eigenvalue weighted by atomic mass is 16.5. The van der Waals surface area contributed by atoms with Crippen LogP contribution < -0.4 is 5.32 Å². The summed E-state index contributed by atoms with van der Waals surface area (Å²) in [7, 11) is 0. The fourth-order valence-corrected chi connectivity index (χ4v) is 9.92. The molecule has 6 heteroatoms. The second kappa shape index (κ2) is 61.6. The van der Waals surface area contributed by atoms with Gasteiger partial charge in [0.15, 0.2) is 0 Å². The molecule has 0 fully saturated rings. The first-order chi connectivity index (χ1) is 35.5. The summed E-state index contributed by atoms with van der Waals surface area (Å²) in [6.45, 7) is 4.89. The highest BCUT2D eigenvalue weighted by molar-refractivity contribution is 5.76. The molecule has 0 aromatic heterocycles. The number of carbonyl (C=O) groups excluding carboxylic acids is 2. The highest BCUT2D eigenvalue weighted by Gasteiger charge is 2.18. The molecule has 2 atom stereocenters. The Morgan fingerprint density at radius 2 is 0.653 bits per heavy atom. The van der Waals surface area contributed by atoms with Crippen molar-refractivity contribution in [2.24, 2.45) is 0 Å². The van der Waals surface area contributed by atoms with Crippen LogP contribution in [0.15, 0.2) is 36.5 Å². The Balaban J connectivity index is 3.35. The van der Waals surface area contributed by atoms with Crippen LogP contribution in [0.2, 0.25) is 0 Å². The number of allylic oxidation sites excluding steroid dienone is 5. The third-order valence-corrected chi connectivity index (χ3v) is 14.9. The van der Waals surface area contributed by atoms with Crippen LogP contribution in [0.25, 0.3) is 0 Å². The molecule has 2 unspecified atom stereocenters. The van der Waals surface area contributed by atoms with E-state index in [4.69, 9.17) is 4.74 Å². The minimum Gasteiger partial charge on any atom is -0.466 e. The van der Waals surface area contributed by atoms with Crippen molar-refractivity contribution in [3.05, 3.63) is 36.5 Å². The Morgan fingerprint density at radius 3 is 0.986 bits per heavy atom. The molecule has 0 heterocycles. The lowest BCUT2D eigenvalue weighted by Crippen LogP contribution is -2.45. The molecule has 3 N–H and O–H groups in total. The van der Waals surface area contributed by atoms with E-state index in [0.717, 1.165) is 44.9 Å². The van der Waals surface area contributed by atoms with Crippen LogP contribution in [0.1, 0.15) is 348 Å². The second-order valence-electron chi connectivity index (χ2n) is 22.1. The van der Waals surface area contributed by atoms with Crippen LogP contribution >= 0.6 is 0 Å². The fourth-order valence-electron chi connectivity index (χ4n) is 9.92. The average Bonchev–Trinajstić information content (AvgIpc) is 3.38. The molecule has 6 nitrogen and oxygen atoms in total. The summed E-state index contributed by atoms with van der Waals surface area (Å²) in [6.07, 6.45) is 77.9. The number of unbranched alkanes of at least 4 members (excludes halogenated alkanes) is 45. The molecular formula is C66H125NO5. The molecule has 0 bridgehead atoms. The van der Waals surface area contributed by atoms with Crippen molar-refractivity contribution in [2.75, 3.05) is 13.2 Å².